The summed E-state index contributed by atoms with van der Waals surface area (Å²) in [7, 11) is 0. The number of rotatable bonds is 6. The maximum Gasteiger partial charge on any atom is 0.404 e. The Bertz CT molecular complexity index is 875. The van der Waals surface area contributed by atoms with Crippen molar-refractivity contribution in [3.63, 3.8) is 0 Å². The summed E-state index contributed by atoms with van der Waals surface area (Å²) in [4.78, 5) is 20.6. The fourth-order valence-electron chi connectivity index (χ4n) is 1.99. The van der Waals surface area contributed by atoms with Crippen molar-refractivity contribution in [2.24, 2.45) is 5.73 Å². The molecule has 10 heteroatoms. The van der Waals surface area contributed by atoms with Crippen LogP contribution in [-0.4, -0.2) is 23.8 Å². The van der Waals surface area contributed by atoms with Gasteiger partial charge in [0.05, 0.1) is 11.3 Å². The van der Waals surface area contributed by atoms with E-state index in [9.17, 15) is 9.59 Å². The van der Waals surface area contributed by atoms with Gasteiger partial charge in [-0.15, -0.1) is 0 Å². The van der Waals surface area contributed by atoms with Crippen molar-refractivity contribution in [2.45, 2.75) is 6.54 Å². The first-order chi connectivity index (χ1) is 13.1. The Hall–Kier alpha value is -2.72. The molecule has 8 nitrogen and oxygen atoms in total. The molecule has 0 saturated carbocycles. The summed E-state index contributed by atoms with van der Waals surface area (Å²) in [6.45, 7) is 3.99. The molecule has 1 amide bonds. The lowest BCUT2D eigenvalue weighted by Crippen LogP contribution is -2.12. The van der Waals surface area contributed by atoms with Gasteiger partial charge in [0.2, 0.25) is 0 Å². The lowest BCUT2D eigenvalue weighted by molar-refractivity contribution is 0.0698. The minimum absolute atomic E-state index is 0.0882. The second-order valence-electron chi connectivity index (χ2n) is 5.34. The molecule has 0 unspecified atom stereocenters. The molecule has 0 aliphatic carbocycles. The number of carboxylic acid groups (broad SMARTS) is 1. The van der Waals surface area contributed by atoms with Crippen LogP contribution in [0.5, 0.6) is 0 Å². The second-order valence-corrected chi connectivity index (χ2v) is 7.11. The van der Waals surface area contributed by atoms with Crippen LogP contribution in [0, 0.1) is 0 Å². The van der Waals surface area contributed by atoms with Crippen molar-refractivity contribution < 1.29 is 19.4 Å². The molecule has 0 atom stereocenters. The van der Waals surface area contributed by atoms with Crippen LogP contribution in [0.2, 0.25) is 0 Å². The Balaban J connectivity index is 0.000000480. The topological polar surface area (TPSA) is 154 Å². The van der Waals surface area contributed by atoms with Gasteiger partial charge in [-0.2, -0.15) is 0 Å². The lowest BCUT2D eigenvalue weighted by atomic mass is 10.1. The third-order valence-electron chi connectivity index (χ3n) is 3.29. The van der Waals surface area contributed by atoms with E-state index in [1.54, 1.807) is 12.1 Å². The summed E-state index contributed by atoms with van der Waals surface area (Å²) < 4.78 is 5.94. The predicted molar refractivity (Wildman–Crippen MR) is 117 cm³/mol. The van der Waals surface area contributed by atoms with E-state index in [-0.39, 0.29) is 17.9 Å². The monoisotopic (exact) mass is 514 g/mol. The van der Waals surface area contributed by atoms with Crippen molar-refractivity contribution in [2.75, 3.05) is 23.4 Å². The Kier molecular flexibility index (Phi) is 9.33. The number of aromatic carboxylic acids is 1. The highest BCUT2D eigenvalue weighted by Gasteiger charge is 2.09. The van der Waals surface area contributed by atoms with E-state index in [0.717, 1.165) is 20.2 Å². The van der Waals surface area contributed by atoms with Crippen LogP contribution in [0.4, 0.5) is 21.9 Å². The number of primary amides is 1. The molecule has 2 aromatic rings. The highest BCUT2D eigenvalue weighted by atomic mass is 79.9. The fourth-order valence-corrected chi connectivity index (χ4v) is 3.30. The van der Waals surface area contributed by atoms with E-state index < -0.39 is 12.1 Å². The molecule has 0 aliphatic rings. The zero-order valence-electron chi connectivity index (χ0n) is 14.7. The summed E-state index contributed by atoms with van der Waals surface area (Å²) in [5.41, 5.74) is 18.9. The molecule has 150 valence electrons. The predicted octanol–water partition coefficient (Wildman–Crippen LogP) is 3.95. The maximum absolute atomic E-state index is 10.9. The third-order valence-corrected chi connectivity index (χ3v) is 4.40. The third kappa shape index (κ3) is 7.49. The number of carboxylic acids is 1. The first kappa shape index (κ1) is 23.3. The summed E-state index contributed by atoms with van der Waals surface area (Å²) in [6.07, 6.45) is 0.685. The van der Waals surface area contributed by atoms with E-state index in [1.807, 2.05) is 12.1 Å². The van der Waals surface area contributed by atoms with Gasteiger partial charge in [0, 0.05) is 26.9 Å². The molecular weight excluding hydrogens is 496 g/mol. The van der Waals surface area contributed by atoms with E-state index >= 15 is 0 Å². The molecule has 0 aliphatic heterocycles. The van der Waals surface area contributed by atoms with Gasteiger partial charge in [-0.05, 0) is 51.8 Å². The molecule has 2 aromatic carbocycles. The summed E-state index contributed by atoms with van der Waals surface area (Å²) in [5.74, 6) is -1.04. The zero-order chi connectivity index (χ0) is 21.3. The minimum Gasteiger partial charge on any atom is -0.478 e. The lowest BCUT2D eigenvalue weighted by Gasteiger charge is -2.12. The maximum atomic E-state index is 10.9. The van der Waals surface area contributed by atoms with Gasteiger partial charge in [-0.1, -0.05) is 28.6 Å². The number of nitrogens with one attached hydrogen (secondary N) is 1. The number of carbonyl (C=O) groups is 2. The van der Waals surface area contributed by atoms with Crippen molar-refractivity contribution in [3.05, 3.63) is 63.1 Å². The Labute approximate surface area is 179 Å². The average Bonchev–Trinajstić information content (AvgIpc) is 2.62. The molecule has 0 heterocycles. The van der Waals surface area contributed by atoms with Crippen LogP contribution in [0.25, 0.3) is 0 Å². The van der Waals surface area contributed by atoms with E-state index in [4.69, 9.17) is 16.6 Å². The van der Waals surface area contributed by atoms with Crippen molar-refractivity contribution in [1.29, 1.82) is 0 Å². The molecule has 0 spiro atoms. The minimum atomic E-state index is -1.04. The van der Waals surface area contributed by atoms with Gasteiger partial charge in [-0.3, -0.25) is 0 Å². The van der Waals surface area contributed by atoms with Gasteiger partial charge in [0.25, 0.3) is 0 Å². The molecule has 0 fully saturated rings. The first-order valence-electron chi connectivity index (χ1n) is 7.78. The Morgan fingerprint density at radius 2 is 1.89 bits per heavy atom. The van der Waals surface area contributed by atoms with Gasteiger partial charge in [0.1, 0.15) is 6.61 Å². The number of anilines is 3. The number of nitrogens with two attached hydrogens (primary N) is 3. The second kappa shape index (κ2) is 11.2. The molecule has 28 heavy (non-hydrogen) atoms. The van der Waals surface area contributed by atoms with Crippen molar-refractivity contribution in [3.8, 4) is 0 Å². The Morgan fingerprint density at radius 3 is 2.39 bits per heavy atom. The van der Waals surface area contributed by atoms with Gasteiger partial charge in [0.15, 0.2) is 0 Å². The number of nitrogen functional groups attached to an aromatic ring is 2. The number of amides is 1. The average molecular weight is 516 g/mol. The van der Waals surface area contributed by atoms with Crippen LogP contribution >= 0.6 is 31.9 Å². The quantitative estimate of drug-likeness (QED) is 0.288. The van der Waals surface area contributed by atoms with Crippen LogP contribution in [-0.2, 0) is 11.3 Å². The first-order valence-corrected chi connectivity index (χ1v) is 9.37. The number of ether oxygens (including phenoxy) is 1. The summed E-state index contributed by atoms with van der Waals surface area (Å²) in [6, 6.07) is 8.52. The Morgan fingerprint density at radius 1 is 1.21 bits per heavy atom. The number of benzene rings is 2. The number of carbonyl (C=O) groups excluding carboxylic acids is 1. The van der Waals surface area contributed by atoms with Crippen LogP contribution in [0.15, 0.2) is 51.9 Å². The highest BCUT2D eigenvalue weighted by molar-refractivity contribution is 9.11. The van der Waals surface area contributed by atoms with Crippen molar-refractivity contribution in [1.82, 2.24) is 0 Å². The molecular formula is C18H20Br2N4O4. The van der Waals surface area contributed by atoms with E-state index in [1.165, 1.54) is 12.1 Å². The summed E-state index contributed by atoms with van der Waals surface area (Å²) >= 11 is 6.80. The normalized spacial score (nSPS) is 9.64. The molecule has 0 radical (unpaired) electrons. The summed E-state index contributed by atoms with van der Waals surface area (Å²) in [5, 5.41) is 12.1. The molecule has 0 saturated heterocycles. The standard InChI is InChI=1S/C14H13Br2N3O2.C4H7NO2/c15-8-3-7(13(18)11(16)4-8)6-19-9-1-2-10(14(20)21)12(17)5-9;1-2-3-7-4(5)6/h1-5,19H,6,17-18H2,(H,20,21);2H,1,3H2,(H2,5,6). The van der Waals surface area contributed by atoms with Crippen LogP contribution in [0.1, 0.15) is 15.9 Å². The molecule has 0 aromatic heterocycles. The van der Waals surface area contributed by atoms with Crippen LogP contribution < -0.4 is 22.5 Å². The fraction of sp³-hybridized carbons (Fsp3) is 0.111. The number of hydrogen-bond donors (Lipinski definition) is 5. The largest absolute Gasteiger partial charge is 0.478 e. The SMILES string of the molecule is C=CCOC(N)=O.Nc1cc(NCc2cc(Br)cc(Br)c2N)ccc1C(=O)O. The van der Waals surface area contributed by atoms with Gasteiger partial charge < -0.3 is 32.4 Å². The van der Waals surface area contributed by atoms with Gasteiger partial charge in [-0.25, -0.2) is 9.59 Å². The zero-order valence-corrected chi connectivity index (χ0v) is 17.9. The van der Waals surface area contributed by atoms with Crippen molar-refractivity contribution >= 4 is 61.0 Å². The van der Waals surface area contributed by atoms with E-state index in [2.05, 4.69) is 54.2 Å². The smallest absolute Gasteiger partial charge is 0.404 e. The number of hydrogen-bond acceptors (Lipinski definition) is 6. The van der Waals surface area contributed by atoms with E-state index in [0.29, 0.717) is 12.2 Å². The molecule has 0 bridgehead atoms. The molecule has 8 N–H and O–H groups in total. The van der Waals surface area contributed by atoms with Gasteiger partial charge >= 0.3 is 12.1 Å². The number of halogens is 2. The highest BCUT2D eigenvalue weighted by Crippen LogP contribution is 2.29. The molecule has 2 rings (SSSR count). The van der Waals surface area contributed by atoms with Crippen LogP contribution in [0.3, 0.4) is 0 Å².